The molecule has 132 valence electrons. The van der Waals surface area contributed by atoms with E-state index in [-0.39, 0.29) is 24.5 Å². The molecule has 1 fully saturated rings. The number of benzene rings is 1. The van der Waals surface area contributed by atoms with E-state index in [0.29, 0.717) is 28.8 Å². The van der Waals surface area contributed by atoms with Gasteiger partial charge in [-0.25, -0.2) is 0 Å². The minimum absolute atomic E-state index is 0.0124. The molecular weight excluding hydrogens is 353 g/mol. The molecule has 0 bridgehead atoms. The van der Waals surface area contributed by atoms with Gasteiger partial charge in [-0.05, 0) is 31.0 Å². The number of hydrogen-bond acceptors (Lipinski definition) is 4. The fourth-order valence-electron chi connectivity index (χ4n) is 2.69. The van der Waals surface area contributed by atoms with E-state index < -0.39 is 5.92 Å². The molecule has 0 radical (unpaired) electrons. The summed E-state index contributed by atoms with van der Waals surface area (Å²) in [4.78, 5) is 26.2. The van der Waals surface area contributed by atoms with Crippen molar-refractivity contribution in [3.8, 4) is 0 Å². The summed E-state index contributed by atoms with van der Waals surface area (Å²) < 4.78 is 10.4. The van der Waals surface area contributed by atoms with E-state index >= 15 is 0 Å². The van der Waals surface area contributed by atoms with Crippen LogP contribution >= 0.6 is 23.2 Å². The molecule has 0 aliphatic carbocycles. The molecule has 1 aliphatic rings. The van der Waals surface area contributed by atoms with Crippen LogP contribution in [-0.4, -0.2) is 49.7 Å². The van der Waals surface area contributed by atoms with Gasteiger partial charge in [0, 0.05) is 25.3 Å². The Labute approximate surface area is 151 Å². The van der Waals surface area contributed by atoms with E-state index in [0.717, 1.165) is 12.8 Å². The molecule has 1 amide bonds. The topological polar surface area (TPSA) is 55.8 Å². The summed E-state index contributed by atoms with van der Waals surface area (Å²) in [6, 6.07) is 4.75. The Morgan fingerprint density at radius 2 is 2.12 bits per heavy atom. The molecule has 0 saturated carbocycles. The molecule has 5 nitrogen and oxygen atoms in total. The van der Waals surface area contributed by atoms with Gasteiger partial charge in [0.15, 0.2) is 0 Å². The van der Waals surface area contributed by atoms with Crippen LogP contribution < -0.4 is 0 Å². The smallest absolute Gasteiger partial charge is 0.310 e. The largest absolute Gasteiger partial charge is 0.469 e. The van der Waals surface area contributed by atoms with Crippen molar-refractivity contribution >= 4 is 35.1 Å². The molecular formula is C17H21Cl2NO4. The molecule has 1 heterocycles. The molecule has 24 heavy (non-hydrogen) atoms. The lowest BCUT2D eigenvalue weighted by Gasteiger charge is -2.27. The average Bonchev–Trinajstić information content (AvgIpc) is 3.08. The van der Waals surface area contributed by atoms with Gasteiger partial charge < -0.3 is 14.4 Å². The Morgan fingerprint density at radius 3 is 2.71 bits per heavy atom. The van der Waals surface area contributed by atoms with Crippen LogP contribution in [0.1, 0.15) is 30.1 Å². The highest BCUT2D eigenvalue weighted by molar-refractivity contribution is 6.42. The van der Waals surface area contributed by atoms with Crippen LogP contribution in [0.3, 0.4) is 0 Å². The molecule has 1 aliphatic heterocycles. The first-order chi connectivity index (χ1) is 11.4. The fourth-order valence-corrected chi connectivity index (χ4v) is 2.99. The maximum atomic E-state index is 12.9. The minimum Gasteiger partial charge on any atom is -0.469 e. The van der Waals surface area contributed by atoms with Crippen molar-refractivity contribution in [2.45, 2.75) is 25.9 Å². The first kappa shape index (κ1) is 19.0. The highest BCUT2D eigenvalue weighted by atomic mass is 35.5. The van der Waals surface area contributed by atoms with Crippen LogP contribution in [0.25, 0.3) is 0 Å². The molecule has 1 aromatic carbocycles. The predicted molar refractivity (Wildman–Crippen MR) is 92.5 cm³/mol. The van der Waals surface area contributed by atoms with Gasteiger partial charge in [-0.3, -0.25) is 9.59 Å². The SMILES string of the molecule is COC(=O)C(C)CN(CC1CCCO1)C(=O)c1ccc(Cl)c(Cl)c1. The quantitative estimate of drug-likeness (QED) is 0.716. The molecule has 1 aromatic rings. The van der Waals surface area contributed by atoms with Crippen molar-refractivity contribution in [2.24, 2.45) is 5.92 Å². The van der Waals surface area contributed by atoms with Crippen LogP contribution in [-0.2, 0) is 14.3 Å². The van der Waals surface area contributed by atoms with E-state index in [4.69, 9.17) is 32.7 Å². The third-order valence-electron chi connectivity index (χ3n) is 4.00. The first-order valence-electron chi connectivity index (χ1n) is 7.86. The molecule has 7 heteroatoms. The van der Waals surface area contributed by atoms with Gasteiger partial charge in [-0.15, -0.1) is 0 Å². The minimum atomic E-state index is -0.428. The van der Waals surface area contributed by atoms with Crippen molar-refractivity contribution < 1.29 is 19.1 Å². The maximum Gasteiger partial charge on any atom is 0.310 e. The predicted octanol–water partition coefficient (Wildman–Crippen LogP) is 3.42. The second-order valence-corrected chi connectivity index (χ2v) is 6.71. The van der Waals surface area contributed by atoms with Crippen molar-refractivity contribution in [1.82, 2.24) is 4.90 Å². The zero-order valence-electron chi connectivity index (χ0n) is 13.8. The molecule has 2 atom stereocenters. The lowest BCUT2D eigenvalue weighted by atomic mass is 10.1. The van der Waals surface area contributed by atoms with Crippen molar-refractivity contribution in [1.29, 1.82) is 0 Å². The Bertz CT molecular complexity index is 602. The third kappa shape index (κ3) is 4.85. The van der Waals surface area contributed by atoms with E-state index in [1.807, 2.05) is 0 Å². The molecule has 1 saturated heterocycles. The van der Waals surface area contributed by atoms with Crippen LogP contribution in [0.15, 0.2) is 18.2 Å². The van der Waals surface area contributed by atoms with Crippen LogP contribution in [0.4, 0.5) is 0 Å². The van der Waals surface area contributed by atoms with Crippen molar-refractivity contribution in [3.63, 3.8) is 0 Å². The number of rotatable bonds is 6. The van der Waals surface area contributed by atoms with E-state index in [2.05, 4.69) is 0 Å². The molecule has 0 N–H and O–H groups in total. The second-order valence-electron chi connectivity index (χ2n) is 5.90. The molecule has 0 aromatic heterocycles. The lowest BCUT2D eigenvalue weighted by Crippen LogP contribution is -2.41. The number of carbonyl (C=O) groups is 2. The standard InChI is InChI=1S/C17H21Cl2NO4/c1-11(17(22)23-2)9-20(10-13-4-3-7-24-13)16(21)12-5-6-14(18)15(19)8-12/h5-6,8,11,13H,3-4,7,9-10H2,1-2H3. The summed E-state index contributed by atoms with van der Waals surface area (Å²) >= 11 is 11.9. The number of nitrogens with zero attached hydrogens (tertiary/aromatic N) is 1. The van der Waals surface area contributed by atoms with Gasteiger partial charge in [-0.2, -0.15) is 0 Å². The van der Waals surface area contributed by atoms with E-state index in [1.165, 1.54) is 13.2 Å². The number of ether oxygens (including phenoxy) is 2. The van der Waals surface area contributed by atoms with Gasteiger partial charge >= 0.3 is 5.97 Å². The van der Waals surface area contributed by atoms with E-state index in [9.17, 15) is 9.59 Å². The fraction of sp³-hybridized carbons (Fsp3) is 0.529. The number of methoxy groups -OCH3 is 1. The van der Waals surface area contributed by atoms with Crippen molar-refractivity contribution in [2.75, 3.05) is 26.8 Å². The Hall–Kier alpha value is -1.30. The molecule has 2 unspecified atom stereocenters. The zero-order valence-corrected chi connectivity index (χ0v) is 15.3. The van der Waals surface area contributed by atoms with Gasteiger partial charge in [0.05, 0.1) is 29.2 Å². The summed E-state index contributed by atoms with van der Waals surface area (Å²) in [6.07, 6.45) is 1.87. The summed E-state index contributed by atoms with van der Waals surface area (Å²) in [7, 11) is 1.34. The van der Waals surface area contributed by atoms with Gasteiger partial charge in [0.1, 0.15) is 0 Å². The number of esters is 1. The number of halogens is 2. The highest BCUT2D eigenvalue weighted by Gasteiger charge is 2.27. The monoisotopic (exact) mass is 373 g/mol. The van der Waals surface area contributed by atoms with Gasteiger partial charge in [0.25, 0.3) is 5.91 Å². The third-order valence-corrected chi connectivity index (χ3v) is 4.74. The highest BCUT2D eigenvalue weighted by Crippen LogP contribution is 2.24. The normalized spacial score (nSPS) is 18.2. The number of hydrogen-bond donors (Lipinski definition) is 0. The number of amides is 1. The van der Waals surface area contributed by atoms with Gasteiger partial charge in [0.2, 0.25) is 0 Å². The zero-order chi connectivity index (χ0) is 17.7. The number of carbonyl (C=O) groups excluding carboxylic acids is 2. The summed E-state index contributed by atoms with van der Waals surface area (Å²) in [6.45, 7) is 3.12. The van der Waals surface area contributed by atoms with Crippen molar-refractivity contribution in [3.05, 3.63) is 33.8 Å². The second kappa shape index (κ2) is 8.70. The van der Waals surface area contributed by atoms with E-state index in [1.54, 1.807) is 24.0 Å². The Kier molecular flexibility index (Phi) is 6.90. The summed E-state index contributed by atoms with van der Waals surface area (Å²) in [5, 5.41) is 0.711. The lowest BCUT2D eigenvalue weighted by molar-refractivity contribution is -0.145. The van der Waals surface area contributed by atoms with Gasteiger partial charge in [-0.1, -0.05) is 30.1 Å². The van der Waals surface area contributed by atoms with Crippen LogP contribution in [0.5, 0.6) is 0 Å². The first-order valence-corrected chi connectivity index (χ1v) is 8.61. The van der Waals surface area contributed by atoms with Crippen LogP contribution in [0, 0.1) is 5.92 Å². The molecule has 0 spiro atoms. The summed E-state index contributed by atoms with van der Waals surface area (Å²) in [5.74, 6) is -0.989. The molecule has 2 rings (SSSR count). The Balaban J connectivity index is 2.17. The average molecular weight is 374 g/mol. The maximum absolute atomic E-state index is 12.9. The summed E-state index contributed by atoms with van der Waals surface area (Å²) in [5.41, 5.74) is 0.430. The Morgan fingerprint density at radius 1 is 1.38 bits per heavy atom. The van der Waals surface area contributed by atoms with Crippen LogP contribution in [0.2, 0.25) is 10.0 Å².